The highest BCUT2D eigenvalue weighted by Crippen LogP contribution is 2.14. The number of carbonyl (C=O) groups excluding carboxylic acids is 1. The topological polar surface area (TPSA) is 173 Å². The number of carboxylic acids is 2. The first-order valence-electron chi connectivity index (χ1n) is 15.6. The van der Waals surface area contributed by atoms with Gasteiger partial charge in [-0.1, -0.05) is 103 Å². The highest BCUT2D eigenvalue weighted by molar-refractivity contribution is 6.61. The first-order valence-corrected chi connectivity index (χ1v) is 16.0. The molecule has 2 rings (SSSR count). The van der Waals surface area contributed by atoms with Gasteiger partial charge >= 0.3 is 17.4 Å². The van der Waals surface area contributed by atoms with Crippen molar-refractivity contribution in [2.24, 2.45) is 0 Å². The van der Waals surface area contributed by atoms with Crippen molar-refractivity contribution < 1.29 is 34.4 Å². The monoisotopic (exact) mass is 638 g/mol. The van der Waals surface area contributed by atoms with Crippen LogP contribution >= 0.6 is 11.6 Å². The van der Waals surface area contributed by atoms with Crippen molar-refractivity contribution in [3.8, 4) is 0 Å². The summed E-state index contributed by atoms with van der Waals surface area (Å²) in [5, 5.41) is 25.8. The van der Waals surface area contributed by atoms with E-state index in [1.165, 1.54) is 57.8 Å². The van der Waals surface area contributed by atoms with Gasteiger partial charge in [0.05, 0.1) is 17.7 Å². The Morgan fingerprint density at radius 1 is 0.705 bits per heavy atom. The predicted molar refractivity (Wildman–Crippen MR) is 181 cm³/mol. The number of unbranched alkanes of at least 4 members (excludes halogenated alkanes) is 10. The Hall–Kier alpha value is -3.30. The molecule has 0 radical (unpaired) electrons. The molecule has 7 N–H and O–H groups in total. The molecule has 0 aliphatic heterocycles. The van der Waals surface area contributed by atoms with E-state index in [0.717, 1.165) is 36.8 Å². The summed E-state index contributed by atoms with van der Waals surface area (Å²) in [6.45, 7) is 9.00. The number of hydrogen-bond donors (Lipinski definition) is 5. The number of ether oxygens (including phenoxy) is 1. The van der Waals surface area contributed by atoms with Crippen LogP contribution in [0.2, 0.25) is 0 Å². The lowest BCUT2D eigenvalue weighted by Gasteiger charge is -2.02. The molecule has 0 spiro atoms. The molecule has 0 heterocycles. The number of aryl methyl sites for hydroxylation is 2. The number of hydrogen-bond acceptors (Lipinski definition) is 7. The largest absolute Gasteiger partial charge is 0.478 e. The molecule has 0 unspecified atom stereocenters. The second kappa shape index (κ2) is 28.5. The SMILES string of the molecule is CCCCCCCCCCO.CCCCCCOC(=O)Cl.CCc1ccc(N)c(C(=O)O)c1.Cc1ccc(N)c(C(=O)O)c1. The van der Waals surface area contributed by atoms with Crippen LogP contribution in [0.3, 0.4) is 0 Å². The minimum Gasteiger partial charge on any atom is -0.478 e. The molecule has 10 heteroatoms. The molecule has 0 bridgehead atoms. The van der Waals surface area contributed by atoms with Crippen molar-refractivity contribution in [3.63, 3.8) is 0 Å². The highest BCUT2D eigenvalue weighted by atomic mass is 35.5. The highest BCUT2D eigenvalue weighted by Gasteiger charge is 2.07. The summed E-state index contributed by atoms with van der Waals surface area (Å²) >= 11 is 4.93. The third-order valence-corrected chi connectivity index (χ3v) is 6.53. The van der Waals surface area contributed by atoms with E-state index < -0.39 is 17.4 Å². The molecule has 250 valence electrons. The van der Waals surface area contributed by atoms with Crippen LogP contribution in [-0.4, -0.2) is 45.9 Å². The molecule has 0 saturated heterocycles. The standard InChI is InChI=1S/C10H22O.C9H11NO2.C8H9NO2.C7H13ClO2/c1-2-3-4-5-6-7-8-9-10-11;1-2-6-3-4-8(10)7(5-6)9(11)12;1-5-2-3-7(9)6(4-5)8(10)11;1-2-3-4-5-6-10-7(8)9/h11H,2-10H2,1H3;3-5H,2,10H2,1H3,(H,11,12);2-4H,9H2,1H3,(H,10,11);2-6H2,1H3. The van der Waals surface area contributed by atoms with Crippen LogP contribution in [0.15, 0.2) is 36.4 Å². The molecule has 44 heavy (non-hydrogen) atoms. The first-order chi connectivity index (χ1) is 20.9. The lowest BCUT2D eigenvalue weighted by Crippen LogP contribution is -2.02. The summed E-state index contributed by atoms with van der Waals surface area (Å²) < 4.78 is 4.51. The number of aliphatic hydroxyl groups is 1. The Morgan fingerprint density at radius 2 is 1.16 bits per heavy atom. The third kappa shape index (κ3) is 24.2. The molecule has 0 amide bonds. The van der Waals surface area contributed by atoms with E-state index in [2.05, 4.69) is 18.6 Å². The van der Waals surface area contributed by atoms with E-state index in [1.54, 1.807) is 30.3 Å². The van der Waals surface area contributed by atoms with Crippen molar-refractivity contribution >= 4 is 40.3 Å². The van der Waals surface area contributed by atoms with Gasteiger partial charge in [0.2, 0.25) is 0 Å². The zero-order valence-corrected chi connectivity index (χ0v) is 27.8. The minimum absolute atomic E-state index is 0.171. The number of benzene rings is 2. The molecule has 9 nitrogen and oxygen atoms in total. The quantitative estimate of drug-likeness (QED) is 0.0683. The van der Waals surface area contributed by atoms with E-state index in [4.69, 9.17) is 38.4 Å². The Balaban J connectivity index is 0. The molecular formula is C34H55ClN2O7. The summed E-state index contributed by atoms with van der Waals surface area (Å²) in [6, 6.07) is 10.00. The Kier molecular flexibility index (Phi) is 27.7. The van der Waals surface area contributed by atoms with Gasteiger partial charge in [-0.05, 0) is 56.0 Å². The van der Waals surface area contributed by atoms with Crippen molar-refractivity contribution in [1.29, 1.82) is 0 Å². The lowest BCUT2D eigenvalue weighted by molar-refractivity contribution is 0.0687. The number of aliphatic hydroxyl groups excluding tert-OH is 1. The number of carboxylic acid groups (broad SMARTS) is 2. The van der Waals surface area contributed by atoms with Gasteiger partial charge < -0.3 is 31.5 Å². The molecule has 0 fully saturated rings. The predicted octanol–water partition coefficient (Wildman–Crippen LogP) is 8.87. The van der Waals surface area contributed by atoms with Gasteiger partial charge in [0.25, 0.3) is 0 Å². The first kappa shape index (κ1) is 42.8. The normalized spacial score (nSPS) is 9.77. The lowest BCUT2D eigenvalue weighted by atomic mass is 10.1. The fourth-order valence-electron chi connectivity index (χ4n) is 3.79. The maximum Gasteiger partial charge on any atom is 0.403 e. The molecule has 2 aromatic rings. The van der Waals surface area contributed by atoms with Crippen molar-refractivity contribution in [3.05, 3.63) is 58.7 Å². The maximum absolute atomic E-state index is 10.6. The molecule has 2 aromatic carbocycles. The molecule has 0 aliphatic rings. The van der Waals surface area contributed by atoms with Crippen LogP contribution in [0, 0.1) is 6.92 Å². The van der Waals surface area contributed by atoms with Crippen LogP contribution in [0.1, 0.15) is 130 Å². The number of rotatable bonds is 16. The van der Waals surface area contributed by atoms with E-state index in [-0.39, 0.29) is 11.1 Å². The minimum atomic E-state index is -0.980. The number of nitrogens with two attached hydrogens (primary N) is 2. The molecule has 0 atom stereocenters. The molecule has 0 aromatic heterocycles. The van der Waals surface area contributed by atoms with Crippen LogP contribution in [0.4, 0.5) is 16.2 Å². The summed E-state index contributed by atoms with van der Waals surface area (Å²) in [5.41, 5.74) is 13.1. The number of aromatic carboxylic acids is 2. The van der Waals surface area contributed by atoms with Crippen molar-refractivity contribution in [1.82, 2.24) is 0 Å². The van der Waals surface area contributed by atoms with E-state index in [9.17, 15) is 14.4 Å². The van der Waals surface area contributed by atoms with E-state index >= 15 is 0 Å². The molecular weight excluding hydrogens is 584 g/mol. The average Bonchev–Trinajstić information content (AvgIpc) is 2.99. The smallest absolute Gasteiger partial charge is 0.403 e. The van der Waals surface area contributed by atoms with Crippen LogP contribution in [0.25, 0.3) is 0 Å². The average molecular weight is 639 g/mol. The fourth-order valence-corrected chi connectivity index (χ4v) is 3.87. The van der Waals surface area contributed by atoms with Gasteiger partial charge in [-0.2, -0.15) is 0 Å². The van der Waals surface area contributed by atoms with Crippen LogP contribution < -0.4 is 11.5 Å². The van der Waals surface area contributed by atoms with Gasteiger partial charge in [0, 0.05) is 29.6 Å². The van der Waals surface area contributed by atoms with Crippen molar-refractivity contribution in [2.75, 3.05) is 24.7 Å². The fraction of sp³-hybridized carbons (Fsp3) is 0.559. The summed E-state index contributed by atoms with van der Waals surface area (Å²) in [4.78, 5) is 31.1. The summed E-state index contributed by atoms with van der Waals surface area (Å²) in [5.74, 6) is -1.95. The zero-order chi connectivity index (χ0) is 33.8. The summed E-state index contributed by atoms with van der Waals surface area (Å²) in [6.07, 6.45) is 15.6. The summed E-state index contributed by atoms with van der Waals surface area (Å²) in [7, 11) is 0. The Labute approximate surface area is 268 Å². The Morgan fingerprint density at radius 3 is 1.59 bits per heavy atom. The number of anilines is 2. The van der Waals surface area contributed by atoms with Gasteiger partial charge in [-0.3, -0.25) is 0 Å². The molecule has 0 aliphatic carbocycles. The zero-order valence-electron chi connectivity index (χ0n) is 27.1. The number of carbonyl (C=O) groups is 3. The maximum atomic E-state index is 10.6. The number of halogens is 1. The van der Waals surface area contributed by atoms with Gasteiger partial charge in [0.15, 0.2) is 0 Å². The van der Waals surface area contributed by atoms with Crippen LogP contribution in [0.5, 0.6) is 0 Å². The van der Waals surface area contributed by atoms with Crippen molar-refractivity contribution in [2.45, 2.75) is 111 Å². The Bertz CT molecular complexity index is 1060. The van der Waals surface area contributed by atoms with E-state index in [0.29, 0.717) is 24.6 Å². The second-order valence-corrected chi connectivity index (χ2v) is 10.6. The second-order valence-electron chi connectivity index (χ2n) is 10.3. The van der Waals surface area contributed by atoms with Gasteiger partial charge in [0.1, 0.15) is 0 Å². The number of nitrogen functional groups attached to an aromatic ring is 2. The van der Waals surface area contributed by atoms with E-state index in [1.807, 2.05) is 19.9 Å². The van der Waals surface area contributed by atoms with Crippen LogP contribution in [-0.2, 0) is 11.2 Å². The van der Waals surface area contributed by atoms with Gasteiger partial charge in [-0.15, -0.1) is 0 Å². The van der Waals surface area contributed by atoms with Gasteiger partial charge in [-0.25, -0.2) is 14.4 Å². The molecule has 0 saturated carbocycles. The third-order valence-electron chi connectivity index (χ3n) is 6.42.